The number of hydrazone groups is 1. The van der Waals surface area contributed by atoms with Crippen molar-refractivity contribution in [3.63, 3.8) is 0 Å². The Labute approximate surface area is 156 Å². The van der Waals surface area contributed by atoms with Crippen LogP contribution in [-0.4, -0.2) is 11.6 Å². The third-order valence-corrected chi connectivity index (χ3v) is 3.80. The summed E-state index contributed by atoms with van der Waals surface area (Å²) in [6, 6.07) is 11.1. The summed E-state index contributed by atoms with van der Waals surface area (Å²) in [5, 5.41) is 7.65. The van der Waals surface area contributed by atoms with Crippen molar-refractivity contribution in [2.24, 2.45) is 5.10 Å². The highest BCUT2D eigenvalue weighted by molar-refractivity contribution is 6.43. The lowest BCUT2D eigenvalue weighted by atomic mass is 10.1. The Morgan fingerprint density at radius 1 is 1.16 bits per heavy atom. The third-order valence-electron chi connectivity index (χ3n) is 3.33. The van der Waals surface area contributed by atoms with Crippen LogP contribution in [0, 0.1) is 5.82 Å². The molecule has 0 saturated heterocycles. The summed E-state index contributed by atoms with van der Waals surface area (Å²) in [5.74, 6) is -0.758. The number of amidine groups is 1. The fourth-order valence-electron chi connectivity index (χ4n) is 2.01. The van der Waals surface area contributed by atoms with Gasteiger partial charge in [-0.1, -0.05) is 42.6 Å². The maximum absolute atomic E-state index is 14.0. The standard InChI is InChI=1S/C18H18Cl2FN3O/c1-2-3-7-17(25)18(22-16-9-8-13(20)11-15(16)21)24-23-14-6-4-5-12(19)10-14/h4-6,8-11,23H,2-3,7H2,1H3,(H,22,24). The van der Waals surface area contributed by atoms with E-state index in [1.807, 2.05) is 6.92 Å². The predicted molar refractivity (Wildman–Crippen MR) is 102 cm³/mol. The average molecular weight is 382 g/mol. The van der Waals surface area contributed by atoms with E-state index in [0.29, 0.717) is 17.1 Å². The van der Waals surface area contributed by atoms with Crippen molar-refractivity contribution >= 4 is 46.2 Å². The zero-order chi connectivity index (χ0) is 18.2. The number of hydrogen-bond donors (Lipinski definition) is 2. The van der Waals surface area contributed by atoms with E-state index < -0.39 is 5.82 Å². The zero-order valence-electron chi connectivity index (χ0n) is 13.7. The van der Waals surface area contributed by atoms with Crippen molar-refractivity contribution in [1.29, 1.82) is 0 Å². The fourth-order valence-corrected chi connectivity index (χ4v) is 2.36. The minimum Gasteiger partial charge on any atom is -0.333 e. The van der Waals surface area contributed by atoms with Crippen molar-refractivity contribution < 1.29 is 9.18 Å². The van der Waals surface area contributed by atoms with Gasteiger partial charge in [0.25, 0.3) is 0 Å². The number of rotatable bonds is 7. The van der Waals surface area contributed by atoms with Gasteiger partial charge in [-0.25, -0.2) is 4.39 Å². The van der Waals surface area contributed by atoms with E-state index in [2.05, 4.69) is 15.8 Å². The number of nitrogens with one attached hydrogen (secondary N) is 2. The molecule has 0 spiro atoms. The van der Waals surface area contributed by atoms with Gasteiger partial charge in [-0.2, -0.15) is 5.10 Å². The van der Waals surface area contributed by atoms with Gasteiger partial charge in [0.15, 0.2) is 11.6 Å². The molecule has 132 valence electrons. The van der Waals surface area contributed by atoms with Gasteiger partial charge < -0.3 is 5.32 Å². The topological polar surface area (TPSA) is 53.5 Å². The van der Waals surface area contributed by atoms with Crippen LogP contribution in [0.2, 0.25) is 10.0 Å². The molecule has 7 heteroatoms. The monoisotopic (exact) mass is 381 g/mol. The number of halogens is 3. The average Bonchev–Trinajstić information content (AvgIpc) is 2.58. The van der Waals surface area contributed by atoms with Gasteiger partial charge in [0.2, 0.25) is 0 Å². The molecule has 2 aromatic carbocycles. The van der Waals surface area contributed by atoms with Gasteiger partial charge in [-0.15, -0.1) is 0 Å². The highest BCUT2D eigenvalue weighted by Crippen LogP contribution is 2.20. The summed E-state index contributed by atoms with van der Waals surface area (Å²) >= 11 is 11.7. The molecule has 0 amide bonds. The first-order chi connectivity index (χ1) is 12.0. The van der Waals surface area contributed by atoms with Crippen LogP contribution in [0.1, 0.15) is 26.2 Å². The van der Waals surface area contributed by atoms with Gasteiger partial charge in [0, 0.05) is 16.5 Å². The quantitative estimate of drug-likeness (QED) is 0.365. The number of Topliss-reactive ketones (excluding diaryl/α,β-unsaturated/α-hetero) is 1. The van der Waals surface area contributed by atoms with Gasteiger partial charge in [0.05, 0.1) is 11.4 Å². The molecule has 0 fully saturated rings. The summed E-state index contributed by atoms with van der Waals surface area (Å²) in [4.78, 5) is 12.4. The molecule has 4 nitrogen and oxygen atoms in total. The molecule has 0 atom stereocenters. The number of benzene rings is 2. The Morgan fingerprint density at radius 2 is 1.92 bits per heavy atom. The second-order valence-corrected chi connectivity index (χ2v) is 6.23. The number of carbonyl (C=O) groups is 1. The maximum Gasteiger partial charge on any atom is 0.199 e. The van der Waals surface area contributed by atoms with Crippen LogP contribution in [-0.2, 0) is 4.79 Å². The van der Waals surface area contributed by atoms with Crippen molar-refractivity contribution in [3.05, 3.63) is 58.3 Å². The Balaban J connectivity index is 2.22. The van der Waals surface area contributed by atoms with Crippen LogP contribution < -0.4 is 10.7 Å². The minimum atomic E-state index is -0.564. The summed E-state index contributed by atoms with van der Waals surface area (Å²) in [6.45, 7) is 1.99. The van der Waals surface area contributed by atoms with Crippen LogP contribution in [0.3, 0.4) is 0 Å². The molecule has 2 N–H and O–H groups in total. The van der Waals surface area contributed by atoms with Crippen LogP contribution in [0.15, 0.2) is 47.6 Å². The number of nitrogens with zero attached hydrogens (tertiary/aromatic N) is 1. The third kappa shape index (κ3) is 6.03. The molecule has 0 radical (unpaired) electrons. The van der Waals surface area contributed by atoms with Gasteiger partial charge in [-0.05, 0) is 42.8 Å². The number of carbonyl (C=O) groups excluding carboxylic acids is 1. The molecular formula is C18H18Cl2FN3O. The lowest BCUT2D eigenvalue weighted by molar-refractivity contribution is -0.113. The highest BCUT2D eigenvalue weighted by Gasteiger charge is 2.14. The number of hydrogen-bond acceptors (Lipinski definition) is 3. The SMILES string of the molecule is CCCCC(=O)/C(=N\Nc1cccc(Cl)c1)Nc1ccc(Cl)cc1F. The van der Waals surface area contributed by atoms with E-state index in [-0.39, 0.29) is 22.3 Å². The maximum atomic E-state index is 14.0. The van der Waals surface area contributed by atoms with Crippen molar-refractivity contribution in [2.45, 2.75) is 26.2 Å². The summed E-state index contributed by atoms with van der Waals surface area (Å²) in [6.07, 6.45) is 1.91. The molecule has 0 bridgehead atoms. The summed E-state index contributed by atoms with van der Waals surface area (Å²) in [7, 11) is 0. The van der Waals surface area contributed by atoms with Crippen LogP contribution in [0.4, 0.5) is 15.8 Å². The lowest BCUT2D eigenvalue weighted by Gasteiger charge is -2.11. The number of ketones is 1. The molecule has 0 aromatic heterocycles. The van der Waals surface area contributed by atoms with Gasteiger partial charge in [0.1, 0.15) is 5.82 Å². The molecule has 0 aliphatic heterocycles. The van der Waals surface area contributed by atoms with Crippen molar-refractivity contribution in [1.82, 2.24) is 0 Å². The second kappa shape index (κ2) is 9.39. The van der Waals surface area contributed by atoms with Gasteiger partial charge >= 0.3 is 0 Å². The molecule has 0 heterocycles. The Hall–Kier alpha value is -2.11. The molecule has 0 unspecified atom stereocenters. The highest BCUT2D eigenvalue weighted by atomic mass is 35.5. The van der Waals surface area contributed by atoms with E-state index in [4.69, 9.17) is 23.2 Å². The molecule has 0 saturated carbocycles. The zero-order valence-corrected chi connectivity index (χ0v) is 15.2. The predicted octanol–water partition coefficient (Wildman–Crippen LogP) is 5.73. The smallest absolute Gasteiger partial charge is 0.199 e. The van der Waals surface area contributed by atoms with Crippen molar-refractivity contribution in [2.75, 3.05) is 10.7 Å². The van der Waals surface area contributed by atoms with Crippen LogP contribution in [0.5, 0.6) is 0 Å². The second-order valence-electron chi connectivity index (χ2n) is 5.36. The Morgan fingerprint density at radius 3 is 2.60 bits per heavy atom. The van der Waals surface area contributed by atoms with Crippen LogP contribution in [0.25, 0.3) is 0 Å². The fraction of sp³-hybridized carbons (Fsp3) is 0.222. The number of unbranched alkanes of at least 4 members (excludes halogenated alkanes) is 1. The normalized spacial score (nSPS) is 11.3. The molecule has 0 aliphatic carbocycles. The molecule has 25 heavy (non-hydrogen) atoms. The molecule has 2 aromatic rings. The van der Waals surface area contributed by atoms with Crippen molar-refractivity contribution in [3.8, 4) is 0 Å². The molecular weight excluding hydrogens is 364 g/mol. The minimum absolute atomic E-state index is 0.0228. The van der Waals surface area contributed by atoms with E-state index in [0.717, 1.165) is 12.8 Å². The summed E-state index contributed by atoms with van der Waals surface area (Å²) < 4.78 is 14.0. The van der Waals surface area contributed by atoms with E-state index in [9.17, 15) is 9.18 Å². The Kier molecular flexibility index (Phi) is 7.22. The first kappa shape index (κ1) is 19.2. The van der Waals surface area contributed by atoms with Crippen LogP contribution >= 0.6 is 23.2 Å². The first-order valence-electron chi connectivity index (χ1n) is 7.84. The molecule has 0 aliphatic rings. The van der Waals surface area contributed by atoms with E-state index in [1.165, 1.54) is 18.2 Å². The lowest BCUT2D eigenvalue weighted by Crippen LogP contribution is -2.25. The van der Waals surface area contributed by atoms with Gasteiger partial charge in [-0.3, -0.25) is 10.2 Å². The number of anilines is 2. The Bertz CT molecular complexity index is 781. The van der Waals surface area contributed by atoms with E-state index >= 15 is 0 Å². The largest absolute Gasteiger partial charge is 0.333 e. The first-order valence-corrected chi connectivity index (χ1v) is 8.59. The molecule has 2 rings (SSSR count). The van der Waals surface area contributed by atoms with E-state index in [1.54, 1.807) is 24.3 Å². The summed E-state index contributed by atoms with van der Waals surface area (Å²) in [5.41, 5.74) is 3.51.